The van der Waals surface area contributed by atoms with Gasteiger partial charge in [-0.15, -0.1) is 0 Å². The number of nitrogens with one attached hydrogen (secondary N) is 1. The molecule has 1 saturated heterocycles. The van der Waals surface area contributed by atoms with E-state index < -0.39 is 0 Å². The summed E-state index contributed by atoms with van der Waals surface area (Å²) in [6.45, 7) is 7.42. The quantitative estimate of drug-likeness (QED) is 0.871. The Hall–Kier alpha value is -2.04. The average Bonchev–Trinajstić information content (AvgIpc) is 2.54. The fourth-order valence-electron chi connectivity index (χ4n) is 2.99. The molecular formula is C19H28N2O3. The molecule has 0 atom stereocenters. The maximum absolute atomic E-state index is 12.3. The zero-order valence-corrected chi connectivity index (χ0v) is 14.9. The van der Waals surface area contributed by atoms with Crippen molar-refractivity contribution in [3.63, 3.8) is 0 Å². The lowest BCUT2D eigenvalue weighted by atomic mass is 10.0. The fraction of sp³-hybridized carbons (Fsp3) is 0.579. The predicted molar refractivity (Wildman–Crippen MR) is 94.1 cm³/mol. The van der Waals surface area contributed by atoms with Crippen LogP contribution in [0.2, 0.25) is 0 Å². The van der Waals surface area contributed by atoms with Crippen LogP contribution in [0.5, 0.6) is 5.75 Å². The highest BCUT2D eigenvalue weighted by Gasteiger charge is 2.23. The van der Waals surface area contributed by atoms with E-state index >= 15 is 0 Å². The molecule has 0 saturated carbocycles. The Bertz CT molecular complexity index is 578. The molecule has 5 heteroatoms. The molecule has 1 aromatic carbocycles. The molecule has 2 amide bonds. The molecule has 5 nitrogen and oxygen atoms in total. The van der Waals surface area contributed by atoms with Gasteiger partial charge in [0.1, 0.15) is 5.75 Å². The predicted octanol–water partition coefficient (Wildman–Crippen LogP) is 2.59. The van der Waals surface area contributed by atoms with E-state index in [9.17, 15) is 9.59 Å². The second-order valence-electron chi connectivity index (χ2n) is 6.53. The number of hydrogen-bond donors (Lipinski definition) is 1. The first kappa shape index (κ1) is 18.3. The number of benzene rings is 1. The van der Waals surface area contributed by atoms with Gasteiger partial charge in [0.05, 0.1) is 0 Å². The van der Waals surface area contributed by atoms with Crippen molar-refractivity contribution >= 4 is 11.8 Å². The number of carbonyl (C=O) groups is 2. The van der Waals surface area contributed by atoms with Crippen molar-refractivity contribution in [1.82, 2.24) is 10.2 Å². The topological polar surface area (TPSA) is 58.6 Å². The molecule has 1 heterocycles. The van der Waals surface area contributed by atoms with E-state index in [1.807, 2.05) is 43.9 Å². The van der Waals surface area contributed by atoms with Crippen LogP contribution in [-0.2, 0) is 9.59 Å². The first-order valence-corrected chi connectivity index (χ1v) is 8.76. The number of likely N-dealkylation sites (tertiary alicyclic amines) is 1. The van der Waals surface area contributed by atoms with Gasteiger partial charge in [-0.2, -0.15) is 0 Å². The van der Waals surface area contributed by atoms with Crippen LogP contribution in [-0.4, -0.2) is 42.5 Å². The van der Waals surface area contributed by atoms with Gasteiger partial charge >= 0.3 is 0 Å². The summed E-state index contributed by atoms with van der Waals surface area (Å²) >= 11 is 0. The van der Waals surface area contributed by atoms with E-state index in [0.717, 1.165) is 30.6 Å². The van der Waals surface area contributed by atoms with Gasteiger partial charge in [0, 0.05) is 25.6 Å². The first-order chi connectivity index (χ1) is 11.5. The third-order valence-corrected chi connectivity index (χ3v) is 4.37. The normalized spacial score (nSPS) is 15.2. The fourth-order valence-corrected chi connectivity index (χ4v) is 2.99. The first-order valence-electron chi connectivity index (χ1n) is 8.76. The molecule has 0 radical (unpaired) electrons. The number of ether oxygens (including phenoxy) is 1. The van der Waals surface area contributed by atoms with Crippen molar-refractivity contribution in [2.75, 3.05) is 19.7 Å². The Morgan fingerprint density at radius 3 is 2.58 bits per heavy atom. The summed E-state index contributed by atoms with van der Waals surface area (Å²) in [5, 5.41) is 3.04. The lowest BCUT2D eigenvalue weighted by Gasteiger charge is -2.32. The van der Waals surface area contributed by atoms with Crippen LogP contribution >= 0.6 is 0 Å². The van der Waals surface area contributed by atoms with Crippen molar-refractivity contribution in [2.45, 2.75) is 52.5 Å². The molecule has 1 fully saturated rings. The minimum Gasteiger partial charge on any atom is -0.484 e. The molecule has 2 rings (SSSR count). The maximum Gasteiger partial charge on any atom is 0.260 e. The second kappa shape index (κ2) is 8.71. The van der Waals surface area contributed by atoms with Crippen LogP contribution in [0, 0.1) is 13.8 Å². The highest BCUT2D eigenvalue weighted by atomic mass is 16.5. The van der Waals surface area contributed by atoms with Crippen molar-refractivity contribution in [1.29, 1.82) is 0 Å². The molecule has 0 aliphatic carbocycles. The van der Waals surface area contributed by atoms with Gasteiger partial charge in [-0.05, 0) is 44.7 Å². The molecule has 1 aromatic rings. The van der Waals surface area contributed by atoms with E-state index in [1.54, 1.807) is 0 Å². The molecule has 1 aliphatic heterocycles. The summed E-state index contributed by atoms with van der Waals surface area (Å²) in [6, 6.07) is 6.13. The largest absolute Gasteiger partial charge is 0.484 e. The van der Waals surface area contributed by atoms with Gasteiger partial charge in [-0.25, -0.2) is 0 Å². The van der Waals surface area contributed by atoms with Gasteiger partial charge in [-0.3, -0.25) is 9.59 Å². The molecule has 0 unspecified atom stereocenters. The van der Waals surface area contributed by atoms with E-state index in [4.69, 9.17) is 4.74 Å². The highest BCUT2D eigenvalue weighted by Crippen LogP contribution is 2.19. The molecule has 1 N–H and O–H groups in total. The van der Waals surface area contributed by atoms with Gasteiger partial charge in [0.15, 0.2) is 6.61 Å². The van der Waals surface area contributed by atoms with Gasteiger partial charge in [0.2, 0.25) is 5.91 Å². The summed E-state index contributed by atoms with van der Waals surface area (Å²) in [6.07, 6.45) is 3.05. The summed E-state index contributed by atoms with van der Waals surface area (Å²) < 4.78 is 5.67. The van der Waals surface area contributed by atoms with Crippen LogP contribution in [0.15, 0.2) is 18.2 Å². The number of hydrogen-bond acceptors (Lipinski definition) is 3. The average molecular weight is 332 g/mol. The minimum atomic E-state index is 0.00769. The number of aryl methyl sites for hydroxylation is 2. The van der Waals surface area contributed by atoms with Gasteiger partial charge < -0.3 is 15.0 Å². The smallest absolute Gasteiger partial charge is 0.260 e. The van der Waals surface area contributed by atoms with E-state index in [2.05, 4.69) is 5.32 Å². The zero-order chi connectivity index (χ0) is 17.5. The van der Waals surface area contributed by atoms with Gasteiger partial charge in [-0.1, -0.05) is 24.6 Å². The van der Waals surface area contributed by atoms with Gasteiger partial charge in [0.25, 0.3) is 5.91 Å². The standard InChI is InChI=1S/C19H28N2O3/c1-4-5-18(22)20-16-8-10-21(11-9-16)19(23)13-24-17-7-6-14(2)12-15(17)3/h6-7,12,16H,4-5,8-11,13H2,1-3H3,(H,20,22). The van der Waals surface area contributed by atoms with Crippen molar-refractivity contribution in [2.24, 2.45) is 0 Å². The Morgan fingerprint density at radius 1 is 1.25 bits per heavy atom. The van der Waals surface area contributed by atoms with Crippen molar-refractivity contribution in [3.8, 4) is 5.75 Å². The molecule has 1 aliphatic rings. The third-order valence-electron chi connectivity index (χ3n) is 4.37. The monoisotopic (exact) mass is 332 g/mol. The van der Waals surface area contributed by atoms with Crippen molar-refractivity contribution in [3.05, 3.63) is 29.3 Å². The van der Waals surface area contributed by atoms with E-state index in [0.29, 0.717) is 19.5 Å². The number of carbonyl (C=O) groups excluding carboxylic acids is 2. The summed E-state index contributed by atoms with van der Waals surface area (Å²) in [5.41, 5.74) is 2.22. The molecule has 24 heavy (non-hydrogen) atoms. The number of piperidine rings is 1. The summed E-state index contributed by atoms with van der Waals surface area (Å²) in [5.74, 6) is 0.879. The molecule has 0 aromatic heterocycles. The lowest BCUT2D eigenvalue weighted by Crippen LogP contribution is -2.47. The molecule has 0 spiro atoms. The van der Waals surface area contributed by atoms with E-state index in [-0.39, 0.29) is 24.5 Å². The maximum atomic E-state index is 12.3. The number of rotatable bonds is 6. The molecule has 132 valence electrons. The number of nitrogens with zero attached hydrogens (tertiary/aromatic N) is 1. The minimum absolute atomic E-state index is 0.00769. The SMILES string of the molecule is CCCC(=O)NC1CCN(C(=O)COc2ccc(C)cc2C)CC1. The van der Waals surface area contributed by atoms with E-state index in [1.165, 1.54) is 5.56 Å². The van der Waals surface area contributed by atoms with Crippen LogP contribution in [0.3, 0.4) is 0 Å². The lowest BCUT2D eigenvalue weighted by molar-refractivity contribution is -0.134. The zero-order valence-electron chi connectivity index (χ0n) is 14.9. The molecule has 0 bridgehead atoms. The second-order valence-corrected chi connectivity index (χ2v) is 6.53. The summed E-state index contributed by atoms with van der Waals surface area (Å²) in [4.78, 5) is 25.8. The molecular weight excluding hydrogens is 304 g/mol. The van der Waals surface area contributed by atoms with Crippen LogP contribution in [0.4, 0.5) is 0 Å². The number of amides is 2. The Kier molecular flexibility index (Phi) is 6.64. The van der Waals surface area contributed by atoms with Crippen LogP contribution < -0.4 is 10.1 Å². The van der Waals surface area contributed by atoms with Crippen LogP contribution in [0.1, 0.15) is 43.7 Å². The Balaban J connectivity index is 1.75. The Morgan fingerprint density at radius 2 is 1.96 bits per heavy atom. The van der Waals surface area contributed by atoms with Crippen LogP contribution in [0.25, 0.3) is 0 Å². The third kappa shape index (κ3) is 5.25. The summed E-state index contributed by atoms with van der Waals surface area (Å²) in [7, 11) is 0. The van der Waals surface area contributed by atoms with Crippen molar-refractivity contribution < 1.29 is 14.3 Å². The Labute approximate surface area is 144 Å². The highest BCUT2D eigenvalue weighted by molar-refractivity contribution is 5.78.